The molecule has 0 radical (unpaired) electrons. The summed E-state index contributed by atoms with van der Waals surface area (Å²) < 4.78 is 5.13. The minimum Gasteiger partial charge on any atom is -0.378 e. The molecule has 1 saturated heterocycles. The van der Waals surface area contributed by atoms with Gasteiger partial charge in [-0.3, -0.25) is 30.0 Å². The first-order chi connectivity index (χ1) is 10.4. The number of hydrogen-bond donors (Lipinski definition) is 3. The summed E-state index contributed by atoms with van der Waals surface area (Å²) in [6, 6.07) is -0.180. The second kappa shape index (κ2) is 8.98. The number of hydrazine groups is 1. The third-order valence-corrected chi connectivity index (χ3v) is 2.87. The zero-order valence-electron chi connectivity index (χ0n) is 12.8. The Morgan fingerprint density at radius 1 is 1.00 bits per heavy atom. The summed E-state index contributed by atoms with van der Waals surface area (Å²) in [6.45, 7) is 5.46. The van der Waals surface area contributed by atoms with Crippen molar-refractivity contribution in [2.24, 2.45) is 0 Å². The Labute approximate surface area is 128 Å². The molecule has 22 heavy (non-hydrogen) atoms. The molecule has 1 aliphatic heterocycles. The van der Waals surface area contributed by atoms with E-state index in [2.05, 4.69) is 10.7 Å². The molecule has 0 saturated carbocycles. The second-order valence-corrected chi connectivity index (χ2v) is 5.12. The van der Waals surface area contributed by atoms with Gasteiger partial charge in [0.15, 0.2) is 0 Å². The largest absolute Gasteiger partial charge is 0.378 e. The molecular formula is C13H22N4O5. The van der Waals surface area contributed by atoms with Crippen LogP contribution in [0.1, 0.15) is 26.7 Å². The average Bonchev–Trinajstić information content (AvgIpc) is 2.50. The summed E-state index contributed by atoms with van der Waals surface area (Å²) in [5, 5.41) is 2.38. The monoisotopic (exact) mass is 314 g/mol. The lowest BCUT2D eigenvalue weighted by Crippen LogP contribution is -2.50. The molecular weight excluding hydrogens is 292 g/mol. The maximum atomic E-state index is 11.8. The highest BCUT2D eigenvalue weighted by Crippen LogP contribution is 2.02. The number of amides is 4. The first kappa shape index (κ1) is 17.9. The molecule has 0 aromatic rings. The van der Waals surface area contributed by atoms with Crippen molar-refractivity contribution < 1.29 is 23.9 Å². The van der Waals surface area contributed by atoms with Gasteiger partial charge in [-0.2, -0.15) is 0 Å². The SMILES string of the molecule is CC(C)NC(=O)C(=O)NNC(=O)CCC(=O)N1CCOCC1. The van der Waals surface area contributed by atoms with Gasteiger partial charge in [0.25, 0.3) is 0 Å². The van der Waals surface area contributed by atoms with E-state index in [9.17, 15) is 19.2 Å². The molecule has 0 atom stereocenters. The van der Waals surface area contributed by atoms with Crippen LogP contribution in [0.3, 0.4) is 0 Å². The Morgan fingerprint density at radius 2 is 1.64 bits per heavy atom. The minimum absolute atomic E-state index is 0.0416. The zero-order chi connectivity index (χ0) is 16.5. The van der Waals surface area contributed by atoms with Crippen LogP contribution in [0.5, 0.6) is 0 Å². The van der Waals surface area contributed by atoms with E-state index in [1.54, 1.807) is 18.7 Å². The predicted octanol–water partition coefficient (Wildman–Crippen LogP) is -1.70. The molecule has 3 N–H and O–H groups in total. The molecule has 0 aromatic carbocycles. The molecule has 0 aliphatic carbocycles. The Hall–Kier alpha value is -2.16. The molecule has 1 rings (SSSR count). The fraction of sp³-hybridized carbons (Fsp3) is 0.692. The number of nitrogens with one attached hydrogen (secondary N) is 3. The van der Waals surface area contributed by atoms with E-state index < -0.39 is 17.7 Å². The van der Waals surface area contributed by atoms with Crippen molar-refractivity contribution in [1.82, 2.24) is 21.1 Å². The molecule has 9 nitrogen and oxygen atoms in total. The van der Waals surface area contributed by atoms with Crippen molar-refractivity contribution in [3.05, 3.63) is 0 Å². The van der Waals surface area contributed by atoms with Gasteiger partial charge >= 0.3 is 11.8 Å². The van der Waals surface area contributed by atoms with Gasteiger partial charge in [0.1, 0.15) is 0 Å². The first-order valence-corrected chi connectivity index (χ1v) is 7.15. The van der Waals surface area contributed by atoms with Crippen LogP contribution in [0.4, 0.5) is 0 Å². The molecule has 1 fully saturated rings. The molecule has 4 amide bonds. The number of carbonyl (C=O) groups excluding carboxylic acids is 4. The van der Waals surface area contributed by atoms with E-state index in [1.165, 1.54) is 0 Å². The van der Waals surface area contributed by atoms with Crippen LogP contribution in [-0.2, 0) is 23.9 Å². The summed E-state index contributed by atoms with van der Waals surface area (Å²) >= 11 is 0. The van der Waals surface area contributed by atoms with Gasteiger partial charge in [-0.1, -0.05) is 0 Å². The van der Waals surface area contributed by atoms with E-state index in [4.69, 9.17) is 4.74 Å². The van der Waals surface area contributed by atoms with Crippen LogP contribution in [0.15, 0.2) is 0 Å². The van der Waals surface area contributed by atoms with Gasteiger partial charge in [0.05, 0.1) is 13.2 Å². The number of hydrogen-bond acceptors (Lipinski definition) is 5. The summed E-state index contributed by atoms with van der Waals surface area (Å²) in [6.07, 6.45) is -0.0256. The summed E-state index contributed by atoms with van der Waals surface area (Å²) in [7, 11) is 0. The average molecular weight is 314 g/mol. The smallest absolute Gasteiger partial charge is 0.327 e. The quantitative estimate of drug-likeness (QED) is 0.422. The van der Waals surface area contributed by atoms with E-state index >= 15 is 0 Å². The van der Waals surface area contributed by atoms with Crippen LogP contribution in [-0.4, -0.2) is 60.9 Å². The van der Waals surface area contributed by atoms with Gasteiger partial charge in [-0.25, -0.2) is 0 Å². The van der Waals surface area contributed by atoms with Crippen molar-refractivity contribution in [3.8, 4) is 0 Å². The fourth-order valence-corrected chi connectivity index (χ4v) is 1.76. The lowest BCUT2D eigenvalue weighted by atomic mass is 10.2. The summed E-state index contributed by atoms with van der Waals surface area (Å²) in [5.41, 5.74) is 4.10. The second-order valence-electron chi connectivity index (χ2n) is 5.12. The molecule has 0 bridgehead atoms. The Bertz CT molecular complexity index is 432. The summed E-state index contributed by atoms with van der Waals surface area (Å²) in [5.74, 6) is -2.46. The van der Waals surface area contributed by atoms with Crippen LogP contribution >= 0.6 is 0 Å². The molecule has 0 unspecified atom stereocenters. The Balaban J connectivity index is 2.21. The maximum Gasteiger partial charge on any atom is 0.327 e. The van der Waals surface area contributed by atoms with Crippen LogP contribution in [0.25, 0.3) is 0 Å². The number of morpholine rings is 1. The number of ether oxygens (including phenoxy) is 1. The van der Waals surface area contributed by atoms with E-state index in [-0.39, 0.29) is 24.8 Å². The lowest BCUT2D eigenvalue weighted by molar-refractivity contribution is -0.141. The molecule has 0 aromatic heterocycles. The maximum absolute atomic E-state index is 11.8. The van der Waals surface area contributed by atoms with Crippen molar-refractivity contribution in [2.45, 2.75) is 32.7 Å². The van der Waals surface area contributed by atoms with Crippen LogP contribution < -0.4 is 16.2 Å². The van der Waals surface area contributed by atoms with Crippen molar-refractivity contribution >= 4 is 23.6 Å². The highest BCUT2D eigenvalue weighted by Gasteiger charge is 2.18. The normalized spacial score (nSPS) is 14.4. The molecule has 9 heteroatoms. The highest BCUT2D eigenvalue weighted by atomic mass is 16.5. The highest BCUT2D eigenvalue weighted by molar-refractivity contribution is 6.35. The molecule has 1 heterocycles. The summed E-state index contributed by atoms with van der Waals surface area (Å²) in [4.78, 5) is 47.6. The zero-order valence-corrected chi connectivity index (χ0v) is 12.8. The molecule has 1 aliphatic rings. The number of nitrogens with zero attached hydrogens (tertiary/aromatic N) is 1. The lowest BCUT2D eigenvalue weighted by Gasteiger charge is -2.26. The van der Waals surface area contributed by atoms with Crippen molar-refractivity contribution in [1.29, 1.82) is 0 Å². The Kier molecular flexibility index (Phi) is 7.30. The van der Waals surface area contributed by atoms with E-state index in [1.807, 2.05) is 5.43 Å². The first-order valence-electron chi connectivity index (χ1n) is 7.15. The van der Waals surface area contributed by atoms with Gasteiger partial charge in [0, 0.05) is 32.0 Å². The molecule has 0 spiro atoms. The van der Waals surface area contributed by atoms with Gasteiger partial charge in [-0.15, -0.1) is 0 Å². The number of carbonyl (C=O) groups is 4. The Morgan fingerprint density at radius 3 is 2.23 bits per heavy atom. The fourth-order valence-electron chi connectivity index (χ4n) is 1.76. The van der Waals surface area contributed by atoms with Crippen LogP contribution in [0, 0.1) is 0 Å². The standard InChI is InChI=1S/C13H22N4O5/c1-9(2)14-12(20)13(21)16-15-10(18)3-4-11(19)17-5-7-22-8-6-17/h9H,3-8H2,1-2H3,(H,14,20)(H,15,18)(H,16,21). The van der Waals surface area contributed by atoms with Crippen molar-refractivity contribution in [3.63, 3.8) is 0 Å². The van der Waals surface area contributed by atoms with Crippen LogP contribution in [0.2, 0.25) is 0 Å². The number of rotatable bonds is 4. The van der Waals surface area contributed by atoms with Crippen molar-refractivity contribution in [2.75, 3.05) is 26.3 Å². The van der Waals surface area contributed by atoms with E-state index in [0.717, 1.165) is 0 Å². The minimum atomic E-state index is -0.957. The predicted molar refractivity (Wildman–Crippen MR) is 76.2 cm³/mol. The topological polar surface area (TPSA) is 117 Å². The van der Waals surface area contributed by atoms with E-state index in [0.29, 0.717) is 26.3 Å². The van der Waals surface area contributed by atoms with Gasteiger partial charge in [0.2, 0.25) is 11.8 Å². The van der Waals surface area contributed by atoms with Gasteiger partial charge < -0.3 is 15.0 Å². The van der Waals surface area contributed by atoms with Gasteiger partial charge in [-0.05, 0) is 13.8 Å². The third kappa shape index (κ3) is 6.53. The third-order valence-electron chi connectivity index (χ3n) is 2.87. The molecule has 124 valence electrons.